The lowest BCUT2D eigenvalue weighted by Crippen LogP contribution is -2.29. The maximum Gasteiger partial charge on any atom is 0.254 e. The van der Waals surface area contributed by atoms with Crippen LogP contribution in [0.4, 0.5) is 5.69 Å². The molecule has 3 nitrogen and oxygen atoms in total. The second-order valence-corrected chi connectivity index (χ2v) is 5.41. The molecule has 2 rings (SSSR count). The van der Waals surface area contributed by atoms with Gasteiger partial charge in [0.05, 0.1) is 6.04 Å². The van der Waals surface area contributed by atoms with Crippen molar-refractivity contribution in [2.45, 2.75) is 13.0 Å². The van der Waals surface area contributed by atoms with Crippen molar-refractivity contribution in [1.29, 1.82) is 0 Å². The third kappa shape index (κ3) is 3.56. The highest BCUT2D eigenvalue weighted by atomic mass is 35.5. The lowest BCUT2D eigenvalue weighted by Gasteiger charge is -2.25. The molecule has 0 bridgehead atoms. The Morgan fingerprint density at radius 1 is 1.10 bits per heavy atom. The summed E-state index contributed by atoms with van der Waals surface area (Å²) in [5.74, 6) is 0.0000954. The van der Waals surface area contributed by atoms with Crippen LogP contribution < -0.4 is 5.32 Å². The molecule has 0 saturated carbocycles. The van der Waals surface area contributed by atoms with Crippen LogP contribution in [-0.2, 0) is 0 Å². The number of hydrogen-bond donors (Lipinski definition) is 1. The standard InChI is InChI=1S/C17H19ClN2O/c1-12(13-4-8-15(18)9-5-13)20(3)17(21)14-6-10-16(19-2)11-7-14/h4-12,19H,1-3H3. The van der Waals surface area contributed by atoms with Crippen LogP contribution in [-0.4, -0.2) is 24.9 Å². The van der Waals surface area contributed by atoms with Crippen molar-refractivity contribution < 1.29 is 4.79 Å². The minimum atomic E-state index is -0.0151. The summed E-state index contributed by atoms with van der Waals surface area (Å²) < 4.78 is 0. The van der Waals surface area contributed by atoms with Crippen LogP contribution in [0.25, 0.3) is 0 Å². The Bertz CT molecular complexity index is 608. The molecular formula is C17H19ClN2O. The molecule has 0 aliphatic heterocycles. The zero-order valence-corrected chi connectivity index (χ0v) is 13.2. The highest BCUT2D eigenvalue weighted by molar-refractivity contribution is 6.30. The predicted octanol–water partition coefficient (Wildman–Crippen LogP) is 4.21. The van der Waals surface area contributed by atoms with Gasteiger partial charge in [0.1, 0.15) is 0 Å². The Balaban J connectivity index is 2.15. The molecule has 1 unspecified atom stereocenters. The van der Waals surface area contributed by atoms with Crippen LogP contribution in [0.1, 0.15) is 28.9 Å². The molecule has 1 amide bonds. The maximum atomic E-state index is 12.5. The number of nitrogens with one attached hydrogen (secondary N) is 1. The van der Waals surface area contributed by atoms with Crippen molar-refractivity contribution in [3.63, 3.8) is 0 Å². The van der Waals surface area contributed by atoms with Crippen LogP contribution in [0.2, 0.25) is 5.02 Å². The summed E-state index contributed by atoms with van der Waals surface area (Å²) >= 11 is 5.90. The molecule has 0 saturated heterocycles. The zero-order chi connectivity index (χ0) is 15.4. The van der Waals surface area contributed by atoms with E-state index < -0.39 is 0 Å². The third-order valence-corrected chi connectivity index (χ3v) is 3.93. The van der Waals surface area contributed by atoms with Gasteiger partial charge in [-0.25, -0.2) is 0 Å². The van der Waals surface area contributed by atoms with Crippen LogP contribution in [0.3, 0.4) is 0 Å². The van der Waals surface area contributed by atoms with Gasteiger partial charge in [0.15, 0.2) is 0 Å². The Hall–Kier alpha value is -2.00. The van der Waals surface area contributed by atoms with Gasteiger partial charge in [-0.05, 0) is 48.9 Å². The van der Waals surface area contributed by atoms with Gasteiger partial charge in [0.25, 0.3) is 5.91 Å². The molecule has 0 fully saturated rings. The number of rotatable bonds is 4. The van der Waals surface area contributed by atoms with E-state index in [1.807, 2.05) is 69.6 Å². The van der Waals surface area contributed by atoms with Gasteiger partial charge in [-0.15, -0.1) is 0 Å². The molecule has 0 aliphatic carbocycles. The fraction of sp³-hybridized carbons (Fsp3) is 0.235. The fourth-order valence-electron chi connectivity index (χ4n) is 2.12. The number of halogens is 1. The second-order valence-electron chi connectivity index (χ2n) is 4.97. The molecule has 21 heavy (non-hydrogen) atoms. The van der Waals surface area contributed by atoms with E-state index in [0.717, 1.165) is 11.3 Å². The van der Waals surface area contributed by atoms with Gasteiger partial charge in [0.2, 0.25) is 0 Å². The van der Waals surface area contributed by atoms with E-state index in [1.54, 1.807) is 4.90 Å². The van der Waals surface area contributed by atoms with Gasteiger partial charge >= 0.3 is 0 Å². The van der Waals surface area contributed by atoms with Crippen molar-refractivity contribution in [3.8, 4) is 0 Å². The quantitative estimate of drug-likeness (QED) is 0.917. The van der Waals surface area contributed by atoms with Crippen molar-refractivity contribution in [2.24, 2.45) is 0 Å². The number of carbonyl (C=O) groups excluding carboxylic acids is 1. The Labute approximate surface area is 130 Å². The summed E-state index contributed by atoms with van der Waals surface area (Å²) in [5.41, 5.74) is 2.72. The molecule has 1 atom stereocenters. The smallest absolute Gasteiger partial charge is 0.254 e. The summed E-state index contributed by atoms with van der Waals surface area (Å²) in [6.45, 7) is 2.00. The highest BCUT2D eigenvalue weighted by Crippen LogP contribution is 2.22. The van der Waals surface area contributed by atoms with Crippen LogP contribution in [0, 0.1) is 0 Å². The van der Waals surface area contributed by atoms with Crippen LogP contribution in [0.15, 0.2) is 48.5 Å². The topological polar surface area (TPSA) is 32.3 Å². The van der Waals surface area contributed by atoms with Gasteiger partial charge < -0.3 is 10.2 Å². The number of amides is 1. The Morgan fingerprint density at radius 2 is 1.67 bits per heavy atom. The van der Waals surface area contributed by atoms with Gasteiger partial charge in [0, 0.05) is 30.4 Å². The van der Waals surface area contributed by atoms with E-state index in [9.17, 15) is 4.79 Å². The third-order valence-electron chi connectivity index (χ3n) is 3.67. The van der Waals surface area contributed by atoms with Gasteiger partial charge in [-0.2, -0.15) is 0 Å². The first-order valence-corrected chi connectivity index (χ1v) is 7.21. The second kappa shape index (κ2) is 6.64. The number of nitrogens with zero attached hydrogens (tertiary/aromatic N) is 1. The first kappa shape index (κ1) is 15.4. The van der Waals surface area contributed by atoms with Gasteiger partial charge in [-0.1, -0.05) is 23.7 Å². The van der Waals surface area contributed by atoms with E-state index in [4.69, 9.17) is 11.6 Å². The van der Waals surface area contributed by atoms with E-state index >= 15 is 0 Å². The Kier molecular flexibility index (Phi) is 4.86. The minimum Gasteiger partial charge on any atom is -0.388 e. The van der Waals surface area contributed by atoms with Crippen molar-refractivity contribution in [1.82, 2.24) is 4.90 Å². The minimum absolute atomic E-state index is 0.0000954. The summed E-state index contributed by atoms with van der Waals surface area (Å²) in [7, 11) is 3.67. The molecule has 1 N–H and O–H groups in total. The van der Waals surface area contributed by atoms with Crippen molar-refractivity contribution in [3.05, 3.63) is 64.7 Å². The van der Waals surface area contributed by atoms with E-state index in [2.05, 4.69) is 5.32 Å². The summed E-state index contributed by atoms with van der Waals surface area (Å²) in [6, 6.07) is 15.0. The highest BCUT2D eigenvalue weighted by Gasteiger charge is 2.18. The van der Waals surface area contributed by atoms with Crippen LogP contribution >= 0.6 is 11.6 Å². The molecule has 0 heterocycles. The maximum absolute atomic E-state index is 12.5. The number of hydrogen-bond acceptors (Lipinski definition) is 2. The fourth-order valence-corrected chi connectivity index (χ4v) is 2.25. The van der Waals surface area contributed by atoms with Gasteiger partial charge in [-0.3, -0.25) is 4.79 Å². The zero-order valence-electron chi connectivity index (χ0n) is 12.4. The lowest BCUT2D eigenvalue weighted by molar-refractivity contribution is 0.0742. The molecule has 0 aliphatic rings. The average Bonchev–Trinajstić information content (AvgIpc) is 2.53. The molecule has 0 radical (unpaired) electrons. The average molecular weight is 303 g/mol. The van der Waals surface area contributed by atoms with E-state index in [-0.39, 0.29) is 11.9 Å². The first-order valence-electron chi connectivity index (χ1n) is 6.83. The van der Waals surface area contributed by atoms with E-state index in [0.29, 0.717) is 10.6 Å². The van der Waals surface area contributed by atoms with Crippen molar-refractivity contribution >= 4 is 23.2 Å². The summed E-state index contributed by atoms with van der Waals surface area (Å²) in [4.78, 5) is 14.2. The Morgan fingerprint density at radius 3 is 2.19 bits per heavy atom. The first-order chi connectivity index (χ1) is 10.0. The lowest BCUT2D eigenvalue weighted by atomic mass is 10.1. The molecular weight excluding hydrogens is 284 g/mol. The molecule has 2 aromatic carbocycles. The monoisotopic (exact) mass is 302 g/mol. The molecule has 0 spiro atoms. The molecule has 110 valence electrons. The normalized spacial score (nSPS) is 11.8. The predicted molar refractivity (Wildman–Crippen MR) is 87.9 cm³/mol. The number of benzene rings is 2. The van der Waals surface area contributed by atoms with E-state index in [1.165, 1.54) is 0 Å². The SMILES string of the molecule is CNc1ccc(C(=O)N(C)C(C)c2ccc(Cl)cc2)cc1. The molecule has 2 aromatic rings. The largest absolute Gasteiger partial charge is 0.388 e. The summed E-state index contributed by atoms with van der Waals surface area (Å²) in [6.07, 6.45) is 0. The molecule has 0 aromatic heterocycles. The summed E-state index contributed by atoms with van der Waals surface area (Å²) in [5, 5.41) is 3.74. The number of carbonyl (C=O) groups is 1. The molecule has 4 heteroatoms. The van der Waals surface area contributed by atoms with Crippen LogP contribution in [0.5, 0.6) is 0 Å². The van der Waals surface area contributed by atoms with Crippen molar-refractivity contribution in [2.75, 3.05) is 19.4 Å². The number of anilines is 1.